The standard InChI is InChI=1S/C21H27FN2O2/c22-15-7-5-14(6-8-15)20(25)23-11-17-18-12-24(16-3-1-2-4-16)13-21(18)10-9-19(17)26-21/h5-8,16-19H,1-4,9-13H2,(H,23,25)/t17-,18+,19+,21+/m0/s1. The van der Waals surface area contributed by atoms with E-state index in [0.29, 0.717) is 30.0 Å². The van der Waals surface area contributed by atoms with Gasteiger partial charge in [-0.25, -0.2) is 4.39 Å². The van der Waals surface area contributed by atoms with Gasteiger partial charge in [0.2, 0.25) is 0 Å². The van der Waals surface area contributed by atoms with E-state index in [9.17, 15) is 9.18 Å². The van der Waals surface area contributed by atoms with Gasteiger partial charge in [-0.05, 0) is 49.9 Å². The number of fused-ring (bicyclic) bond motifs is 1. The molecule has 0 unspecified atom stereocenters. The number of carbonyl (C=O) groups excluding carboxylic acids is 1. The summed E-state index contributed by atoms with van der Waals surface area (Å²) < 4.78 is 19.5. The van der Waals surface area contributed by atoms with Crippen LogP contribution >= 0.6 is 0 Å². The summed E-state index contributed by atoms with van der Waals surface area (Å²) in [6.45, 7) is 2.87. The van der Waals surface area contributed by atoms with Gasteiger partial charge in [0, 0.05) is 43.1 Å². The van der Waals surface area contributed by atoms with Crippen molar-refractivity contribution in [1.29, 1.82) is 0 Å². The van der Waals surface area contributed by atoms with E-state index in [4.69, 9.17) is 4.74 Å². The minimum atomic E-state index is -0.317. The number of halogens is 1. The van der Waals surface area contributed by atoms with Gasteiger partial charge in [-0.15, -0.1) is 0 Å². The molecule has 1 aromatic rings. The number of carbonyl (C=O) groups is 1. The van der Waals surface area contributed by atoms with Crippen LogP contribution in [0.4, 0.5) is 4.39 Å². The smallest absolute Gasteiger partial charge is 0.251 e. The van der Waals surface area contributed by atoms with Crippen molar-refractivity contribution in [3.05, 3.63) is 35.6 Å². The fourth-order valence-electron chi connectivity index (χ4n) is 5.96. The summed E-state index contributed by atoms with van der Waals surface area (Å²) >= 11 is 0. The molecule has 1 saturated carbocycles. The predicted octanol–water partition coefficient (Wildman–Crippen LogP) is 2.98. The average molecular weight is 358 g/mol. The van der Waals surface area contributed by atoms with Crippen molar-refractivity contribution < 1.29 is 13.9 Å². The first kappa shape index (κ1) is 16.7. The Kier molecular flexibility index (Phi) is 4.05. The fourth-order valence-corrected chi connectivity index (χ4v) is 5.96. The first-order valence-electron chi connectivity index (χ1n) is 10.1. The van der Waals surface area contributed by atoms with Crippen molar-refractivity contribution in [1.82, 2.24) is 10.2 Å². The first-order chi connectivity index (χ1) is 12.6. The van der Waals surface area contributed by atoms with E-state index in [-0.39, 0.29) is 17.3 Å². The van der Waals surface area contributed by atoms with Gasteiger partial charge in [-0.3, -0.25) is 9.69 Å². The minimum Gasteiger partial charge on any atom is -0.370 e. The van der Waals surface area contributed by atoms with Gasteiger partial charge in [-0.1, -0.05) is 12.8 Å². The van der Waals surface area contributed by atoms with E-state index in [1.54, 1.807) is 12.1 Å². The Morgan fingerprint density at radius 1 is 1.23 bits per heavy atom. The molecule has 1 amide bonds. The highest BCUT2D eigenvalue weighted by Gasteiger charge is 2.63. The topological polar surface area (TPSA) is 41.6 Å². The summed E-state index contributed by atoms with van der Waals surface area (Å²) in [5.41, 5.74) is 0.558. The fraction of sp³-hybridized carbons (Fsp3) is 0.667. The molecule has 1 spiro atoms. The van der Waals surface area contributed by atoms with Crippen LogP contribution in [-0.2, 0) is 4.74 Å². The molecule has 26 heavy (non-hydrogen) atoms. The number of ether oxygens (including phenoxy) is 1. The molecule has 3 heterocycles. The third-order valence-electron chi connectivity index (χ3n) is 7.26. The van der Waals surface area contributed by atoms with Crippen LogP contribution < -0.4 is 5.32 Å². The van der Waals surface area contributed by atoms with Crippen molar-refractivity contribution in [3.8, 4) is 0 Å². The Hall–Kier alpha value is -1.46. The summed E-state index contributed by atoms with van der Waals surface area (Å²) in [6, 6.07) is 6.50. The normalized spacial score (nSPS) is 36.6. The lowest BCUT2D eigenvalue weighted by Crippen LogP contribution is -2.41. The molecule has 4 aliphatic rings. The number of rotatable bonds is 4. The Morgan fingerprint density at radius 2 is 2.00 bits per heavy atom. The Balaban J connectivity index is 1.25. The molecule has 3 aliphatic heterocycles. The SMILES string of the molecule is O=C(NC[C@H]1[C@H]2CN(C3CCCC3)C[C@]23CC[C@H]1O3)c1ccc(F)cc1. The molecule has 1 aromatic carbocycles. The zero-order chi connectivity index (χ0) is 17.7. The molecule has 0 aromatic heterocycles. The maximum Gasteiger partial charge on any atom is 0.251 e. The van der Waals surface area contributed by atoms with Crippen molar-refractivity contribution in [3.63, 3.8) is 0 Å². The van der Waals surface area contributed by atoms with E-state index in [0.717, 1.165) is 25.6 Å². The lowest BCUT2D eigenvalue weighted by atomic mass is 9.73. The highest BCUT2D eigenvalue weighted by molar-refractivity contribution is 5.94. The molecule has 1 N–H and O–H groups in total. The molecule has 140 valence electrons. The van der Waals surface area contributed by atoms with Crippen LogP contribution in [0.2, 0.25) is 0 Å². The third-order valence-corrected chi connectivity index (χ3v) is 7.26. The van der Waals surface area contributed by atoms with Crippen LogP contribution in [0, 0.1) is 17.7 Å². The Labute approximate surface area is 154 Å². The average Bonchev–Trinajstić information content (AvgIpc) is 3.40. The second-order valence-corrected chi connectivity index (χ2v) is 8.61. The first-order valence-corrected chi connectivity index (χ1v) is 10.1. The molecule has 4 fully saturated rings. The summed E-state index contributed by atoms with van der Waals surface area (Å²) in [5.74, 6) is 0.505. The van der Waals surface area contributed by atoms with Crippen molar-refractivity contribution in [2.75, 3.05) is 19.6 Å². The van der Waals surface area contributed by atoms with E-state index < -0.39 is 0 Å². The molecule has 5 heteroatoms. The van der Waals surface area contributed by atoms with Crippen LogP contribution in [-0.4, -0.2) is 48.2 Å². The molecule has 3 saturated heterocycles. The number of nitrogens with zero attached hydrogens (tertiary/aromatic N) is 1. The van der Waals surface area contributed by atoms with Crippen molar-refractivity contribution in [2.24, 2.45) is 11.8 Å². The molecule has 1 aliphatic carbocycles. The number of nitrogens with one attached hydrogen (secondary N) is 1. The van der Waals surface area contributed by atoms with Gasteiger partial charge < -0.3 is 10.1 Å². The van der Waals surface area contributed by atoms with Gasteiger partial charge in [-0.2, -0.15) is 0 Å². The molecule has 0 radical (unpaired) electrons. The zero-order valence-electron chi connectivity index (χ0n) is 15.1. The maximum absolute atomic E-state index is 13.0. The second kappa shape index (κ2) is 6.31. The maximum atomic E-state index is 13.0. The van der Waals surface area contributed by atoms with Gasteiger partial charge in [0.15, 0.2) is 0 Å². The molecule has 4 atom stereocenters. The lowest BCUT2D eigenvalue weighted by molar-refractivity contribution is -0.000874. The predicted molar refractivity (Wildman–Crippen MR) is 96.4 cm³/mol. The number of benzene rings is 1. The highest BCUT2D eigenvalue weighted by atomic mass is 19.1. The van der Waals surface area contributed by atoms with Crippen LogP contribution in [0.25, 0.3) is 0 Å². The molecular weight excluding hydrogens is 331 g/mol. The van der Waals surface area contributed by atoms with Crippen LogP contribution in [0.15, 0.2) is 24.3 Å². The zero-order valence-corrected chi connectivity index (χ0v) is 15.1. The van der Waals surface area contributed by atoms with E-state index in [1.165, 1.54) is 44.2 Å². The van der Waals surface area contributed by atoms with E-state index in [1.807, 2.05) is 0 Å². The molecular formula is C21H27FN2O2. The number of likely N-dealkylation sites (tertiary alicyclic amines) is 1. The van der Waals surface area contributed by atoms with Crippen molar-refractivity contribution >= 4 is 5.91 Å². The highest BCUT2D eigenvalue weighted by Crippen LogP contribution is 2.55. The summed E-state index contributed by atoms with van der Waals surface area (Å²) in [4.78, 5) is 15.1. The minimum absolute atomic E-state index is 0.0402. The van der Waals surface area contributed by atoms with E-state index >= 15 is 0 Å². The molecule has 2 bridgehead atoms. The molecule has 4 nitrogen and oxygen atoms in total. The van der Waals surface area contributed by atoms with E-state index in [2.05, 4.69) is 10.2 Å². The lowest BCUT2D eigenvalue weighted by Gasteiger charge is -2.29. The molecule has 5 rings (SSSR count). The van der Waals surface area contributed by atoms with Gasteiger partial charge in [0.1, 0.15) is 5.82 Å². The second-order valence-electron chi connectivity index (χ2n) is 8.61. The van der Waals surface area contributed by atoms with Crippen LogP contribution in [0.5, 0.6) is 0 Å². The summed E-state index contributed by atoms with van der Waals surface area (Å²) in [6.07, 6.45) is 7.97. The number of amides is 1. The Bertz CT molecular complexity index is 688. The largest absolute Gasteiger partial charge is 0.370 e. The summed E-state index contributed by atoms with van der Waals surface area (Å²) in [7, 11) is 0. The Morgan fingerprint density at radius 3 is 2.77 bits per heavy atom. The number of hydrogen-bond donors (Lipinski definition) is 1. The quantitative estimate of drug-likeness (QED) is 0.900. The third kappa shape index (κ3) is 2.67. The van der Waals surface area contributed by atoms with Gasteiger partial charge >= 0.3 is 0 Å². The summed E-state index contributed by atoms with van der Waals surface area (Å²) in [5, 5.41) is 3.08. The van der Waals surface area contributed by atoms with Crippen molar-refractivity contribution in [2.45, 2.75) is 56.3 Å². The van der Waals surface area contributed by atoms with Gasteiger partial charge in [0.05, 0.1) is 11.7 Å². The van der Waals surface area contributed by atoms with Gasteiger partial charge in [0.25, 0.3) is 5.91 Å². The monoisotopic (exact) mass is 358 g/mol. The number of hydrogen-bond acceptors (Lipinski definition) is 3. The van der Waals surface area contributed by atoms with Crippen LogP contribution in [0.3, 0.4) is 0 Å². The van der Waals surface area contributed by atoms with Crippen LogP contribution in [0.1, 0.15) is 48.9 Å².